The van der Waals surface area contributed by atoms with Crippen molar-refractivity contribution in [3.05, 3.63) is 53.1 Å². The van der Waals surface area contributed by atoms with Crippen molar-refractivity contribution in [3.8, 4) is 11.5 Å². The molecule has 1 aliphatic heterocycles. The van der Waals surface area contributed by atoms with Crippen molar-refractivity contribution >= 4 is 16.0 Å². The van der Waals surface area contributed by atoms with Gasteiger partial charge in [0.2, 0.25) is 10.0 Å². The molecule has 1 aliphatic rings. The minimum absolute atomic E-state index is 0.0390. The fourth-order valence-electron chi connectivity index (χ4n) is 3.71. The highest BCUT2D eigenvalue weighted by molar-refractivity contribution is 7.89. The Morgan fingerprint density at radius 3 is 2.34 bits per heavy atom. The lowest BCUT2D eigenvalue weighted by Crippen LogP contribution is -2.41. The van der Waals surface area contributed by atoms with Crippen molar-refractivity contribution in [1.82, 2.24) is 4.31 Å². The molecule has 0 fully saturated rings. The van der Waals surface area contributed by atoms with Crippen LogP contribution in [0, 0.1) is 0 Å². The minimum atomic E-state index is -4.70. The molecule has 2 aromatic rings. The number of alkyl halides is 3. The Balaban J connectivity index is 2.12. The summed E-state index contributed by atoms with van der Waals surface area (Å²) in [6.07, 6.45) is -4.75. The first-order valence-electron chi connectivity index (χ1n) is 9.53. The van der Waals surface area contributed by atoms with E-state index < -0.39 is 38.7 Å². The van der Waals surface area contributed by atoms with E-state index in [0.29, 0.717) is 23.1 Å². The van der Waals surface area contributed by atoms with E-state index in [2.05, 4.69) is 0 Å². The molecule has 0 saturated heterocycles. The van der Waals surface area contributed by atoms with Crippen molar-refractivity contribution in [2.45, 2.75) is 30.0 Å². The van der Waals surface area contributed by atoms with Gasteiger partial charge in [-0.15, -0.1) is 0 Å². The molecule has 7 nitrogen and oxygen atoms in total. The van der Waals surface area contributed by atoms with Gasteiger partial charge in [-0.3, -0.25) is 4.79 Å². The lowest BCUT2D eigenvalue weighted by Gasteiger charge is -2.36. The second-order valence-corrected chi connectivity index (χ2v) is 8.98. The predicted octanol–water partition coefficient (Wildman–Crippen LogP) is 3.57. The SMILES string of the molecule is COC(=O)CC1c2cc(OC)c(OC)cc2CCN1S(=O)(=O)c1cccc(C(F)(F)F)c1. The number of ether oxygens (including phenoxy) is 3. The first kappa shape index (κ1) is 23.9. The third-order valence-corrected chi connectivity index (χ3v) is 7.21. The number of carbonyl (C=O) groups is 1. The van der Waals surface area contributed by atoms with Gasteiger partial charge in [-0.2, -0.15) is 17.5 Å². The summed E-state index contributed by atoms with van der Waals surface area (Å²) < 4.78 is 82.6. The monoisotopic (exact) mass is 473 g/mol. The van der Waals surface area contributed by atoms with Crippen LogP contribution < -0.4 is 9.47 Å². The van der Waals surface area contributed by atoms with Gasteiger partial charge in [-0.05, 0) is 47.9 Å². The Bertz CT molecular complexity index is 1120. The minimum Gasteiger partial charge on any atom is -0.493 e. The number of rotatable bonds is 6. The van der Waals surface area contributed by atoms with E-state index in [1.54, 1.807) is 12.1 Å². The average Bonchev–Trinajstić information content (AvgIpc) is 2.77. The molecule has 32 heavy (non-hydrogen) atoms. The van der Waals surface area contributed by atoms with Gasteiger partial charge in [0.15, 0.2) is 11.5 Å². The molecule has 0 aromatic heterocycles. The Labute approximate surface area is 183 Å². The van der Waals surface area contributed by atoms with E-state index >= 15 is 0 Å². The van der Waals surface area contributed by atoms with Gasteiger partial charge in [0.1, 0.15) is 0 Å². The summed E-state index contributed by atoms with van der Waals surface area (Å²) in [6, 6.07) is 5.82. The molecule has 2 aromatic carbocycles. The highest BCUT2D eigenvalue weighted by Gasteiger charge is 2.40. The molecule has 0 amide bonds. The number of carbonyl (C=O) groups excluding carboxylic acids is 1. The number of benzene rings is 2. The number of hydrogen-bond donors (Lipinski definition) is 0. The third kappa shape index (κ3) is 4.53. The van der Waals surface area contributed by atoms with Crippen LogP contribution in [0.3, 0.4) is 0 Å². The number of esters is 1. The number of halogens is 3. The fraction of sp³-hybridized carbons (Fsp3) is 0.381. The van der Waals surface area contributed by atoms with Crippen LogP contribution in [0.25, 0.3) is 0 Å². The molecule has 0 bridgehead atoms. The second kappa shape index (κ2) is 8.99. The number of fused-ring (bicyclic) bond motifs is 1. The number of sulfonamides is 1. The van der Waals surface area contributed by atoms with Crippen LogP contribution >= 0.6 is 0 Å². The lowest BCUT2D eigenvalue weighted by atomic mass is 9.91. The van der Waals surface area contributed by atoms with Crippen LogP contribution in [0.4, 0.5) is 13.2 Å². The summed E-state index contributed by atoms with van der Waals surface area (Å²) >= 11 is 0. The van der Waals surface area contributed by atoms with Crippen LogP contribution in [-0.2, 0) is 32.2 Å². The van der Waals surface area contributed by atoms with E-state index in [0.717, 1.165) is 28.1 Å². The maximum atomic E-state index is 13.4. The number of methoxy groups -OCH3 is 3. The van der Waals surface area contributed by atoms with Gasteiger partial charge in [0.25, 0.3) is 0 Å². The van der Waals surface area contributed by atoms with Crippen molar-refractivity contribution < 1.29 is 40.6 Å². The normalized spacial score (nSPS) is 16.9. The zero-order chi connectivity index (χ0) is 23.7. The molecule has 11 heteroatoms. The van der Waals surface area contributed by atoms with Gasteiger partial charge in [0, 0.05) is 6.54 Å². The molecule has 174 valence electrons. The first-order valence-corrected chi connectivity index (χ1v) is 11.0. The van der Waals surface area contributed by atoms with Crippen molar-refractivity contribution in [2.24, 2.45) is 0 Å². The summed E-state index contributed by atoms with van der Waals surface area (Å²) in [6.45, 7) is -0.0390. The van der Waals surface area contributed by atoms with Crippen molar-refractivity contribution in [3.63, 3.8) is 0 Å². The summed E-state index contributed by atoms with van der Waals surface area (Å²) in [7, 11) is -0.321. The maximum absolute atomic E-state index is 13.4. The molecule has 1 unspecified atom stereocenters. The van der Waals surface area contributed by atoms with Crippen LogP contribution in [0.15, 0.2) is 41.3 Å². The first-order chi connectivity index (χ1) is 15.0. The second-order valence-electron chi connectivity index (χ2n) is 7.09. The highest BCUT2D eigenvalue weighted by atomic mass is 32.2. The van der Waals surface area contributed by atoms with E-state index in [9.17, 15) is 26.4 Å². The maximum Gasteiger partial charge on any atom is 0.416 e. The van der Waals surface area contributed by atoms with Crippen LogP contribution in [0.2, 0.25) is 0 Å². The lowest BCUT2D eigenvalue weighted by molar-refractivity contribution is -0.141. The Morgan fingerprint density at radius 2 is 1.75 bits per heavy atom. The van der Waals surface area contributed by atoms with E-state index in [-0.39, 0.29) is 19.4 Å². The van der Waals surface area contributed by atoms with Crippen molar-refractivity contribution in [1.29, 1.82) is 0 Å². The Morgan fingerprint density at radius 1 is 1.09 bits per heavy atom. The highest BCUT2D eigenvalue weighted by Crippen LogP contribution is 2.42. The zero-order valence-corrected chi connectivity index (χ0v) is 18.4. The molecule has 1 heterocycles. The van der Waals surface area contributed by atoms with Gasteiger partial charge in [-0.1, -0.05) is 6.07 Å². The molecule has 3 rings (SSSR count). The van der Waals surface area contributed by atoms with Crippen LogP contribution in [0.1, 0.15) is 29.2 Å². The molecule has 0 saturated carbocycles. The van der Waals surface area contributed by atoms with Gasteiger partial charge < -0.3 is 14.2 Å². The van der Waals surface area contributed by atoms with Gasteiger partial charge >= 0.3 is 12.1 Å². The molecule has 0 aliphatic carbocycles. The predicted molar refractivity (Wildman–Crippen MR) is 108 cm³/mol. The topological polar surface area (TPSA) is 82.1 Å². The molecular formula is C21H22F3NO6S. The zero-order valence-electron chi connectivity index (χ0n) is 17.6. The molecule has 1 atom stereocenters. The summed E-state index contributed by atoms with van der Waals surface area (Å²) in [4.78, 5) is 11.6. The van der Waals surface area contributed by atoms with Gasteiger partial charge in [0.05, 0.1) is 44.3 Å². The fourth-order valence-corrected chi connectivity index (χ4v) is 5.37. The molecule has 0 N–H and O–H groups in total. The Hall–Kier alpha value is -2.79. The quantitative estimate of drug-likeness (QED) is 0.597. The van der Waals surface area contributed by atoms with E-state index in [4.69, 9.17) is 14.2 Å². The largest absolute Gasteiger partial charge is 0.493 e. The van der Waals surface area contributed by atoms with Gasteiger partial charge in [-0.25, -0.2) is 8.42 Å². The van der Waals surface area contributed by atoms with Crippen LogP contribution in [0.5, 0.6) is 11.5 Å². The third-order valence-electron chi connectivity index (χ3n) is 5.31. The Kier molecular flexibility index (Phi) is 6.70. The molecular weight excluding hydrogens is 451 g/mol. The summed E-state index contributed by atoms with van der Waals surface area (Å²) in [5.41, 5.74) is 0.161. The summed E-state index contributed by atoms with van der Waals surface area (Å²) in [5, 5.41) is 0. The van der Waals surface area contributed by atoms with Crippen molar-refractivity contribution in [2.75, 3.05) is 27.9 Å². The number of hydrogen-bond acceptors (Lipinski definition) is 6. The van der Waals surface area contributed by atoms with E-state index in [1.165, 1.54) is 21.3 Å². The number of nitrogens with zero attached hydrogens (tertiary/aromatic N) is 1. The molecule has 0 radical (unpaired) electrons. The van der Waals surface area contributed by atoms with Crippen LogP contribution in [-0.4, -0.2) is 46.6 Å². The smallest absolute Gasteiger partial charge is 0.416 e. The molecule has 0 spiro atoms. The average molecular weight is 473 g/mol. The standard InChI is InChI=1S/C21H22F3NO6S/c1-29-18-9-13-7-8-25(17(12-20(26)31-3)16(13)11-19(18)30-2)32(27,28)15-6-4-5-14(10-15)21(22,23)24/h4-6,9-11,17H,7-8,12H2,1-3H3. The van der Waals surface area contributed by atoms with E-state index in [1.807, 2.05) is 0 Å². The summed E-state index contributed by atoms with van der Waals surface area (Å²) in [5.74, 6) is 0.110.